The first kappa shape index (κ1) is 10.9. The molecule has 2 N–H and O–H groups in total. The van der Waals surface area contributed by atoms with Gasteiger partial charge in [-0.1, -0.05) is 6.92 Å². The van der Waals surface area contributed by atoms with Crippen molar-refractivity contribution in [1.82, 2.24) is 14.6 Å². The third-order valence-electron chi connectivity index (χ3n) is 2.52. The average Bonchev–Trinajstić information content (AvgIpc) is 2.70. The first-order valence-corrected chi connectivity index (χ1v) is 5.51. The van der Waals surface area contributed by atoms with Crippen LogP contribution in [-0.2, 0) is 6.54 Å². The van der Waals surface area contributed by atoms with Gasteiger partial charge in [0.05, 0.1) is 11.9 Å². The molecule has 2 aromatic heterocycles. The van der Waals surface area contributed by atoms with Gasteiger partial charge in [0.1, 0.15) is 5.82 Å². The molecule has 0 unspecified atom stereocenters. The van der Waals surface area contributed by atoms with Crippen LogP contribution in [0, 0.1) is 0 Å². The van der Waals surface area contributed by atoms with Gasteiger partial charge in [-0.05, 0) is 18.6 Å². The third-order valence-corrected chi connectivity index (χ3v) is 2.52. The Morgan fingerprint density at radius 1 is 1.44 bits per heavy atom. The van der Waals surface area contributed by atoms with Crippen molar-refractivity contribution in [1.29, 1.82) is 0 Å². The van der Waals surface area contributed by atoms with E-state index in [1.54, 1.807) is 4.52 Å². The van der Waals surface area contributed by atoms with Gasteiger partial charge in [0, 0.05) is 20.1 Å². The molecular formula is C11H17N5. The Labute approximate surface area is 94.9 Å². The van der Waals surface area contributed by atoms with Crippen LogP contribution in [-0.4, -0.2) is 28.2 Å². The van der Waals surface area contributed by atoms with Gasteiger partial charge in [-0.15, -0.1) is 5.10 Å². The van der Waals surface area contributed by atoms with E-state index in [2.05, 4.69) is 21.9 Å². The summed E-state index contributed by atoms with van der Waals surface area (Å²) in [5.74, 6) is 0.954. The first-order chi connectivity index (χ1) is 7.74. The zero-order chi connectivity index (χ0) is 11.5. The number of hydrogen-bond acceptors (Lipinski definition) is 4. The molecule has 0 aliphatic heterocycles. The first-order valence-electron chi connectivity index (χ1n) is 5.51. The second-order valence-electron chi connectivity index (χ2n) is 3.85. The van der Waals surface area contributed by atoms with Crippen LogP contribution in [0.2, 0.25) is 0 Å². The number of hydrogen-bond donors (Lipinski definition) is 1. The Kier molecular flexibility index (Phi) is 3.05. The van der Waals surface area contributed by atoms with Crippen molar-refractivity contribution in [3.05, 3.63) is 24.0 Å². The summed E-state index contributed by atoms with van der Waals surface area (Å²) in [6.45, 7) is 3.60. The van der Waals surface area contributed by atoms with E-state index < -0.39 is 0 Å². The highest BCUT2D eigenvalue weighted by molar-refractivity contribution is 5.46. The van der Waals surface area contributed by atoms with Crippen molar-refractivity contribution in [3.8, 4) is 0 Å². The average molecular weight is 219 g/mol. The van der Waals surface area contributed by atoms with Crippen LogP contribution < -0.4 is 10.6 Å². The van der Waals surface area contributed by atoms with E-state index in [9.17, 15) is 0 Å². The van der Waals surface area contributed by atoms with Gasteiger partial charge in [0.15, 0.2) is 5.65 Å². The van der Waals surface area contributed by atoms with Crippen LogP contribution >= 0.6 is 0 Å². The van der Waals surface area contributed by atoms with Crippen molar-refractivity contribution in [2.45, 2.75) is 19.9 Å². The normalized spacial score (nSPS) is 10.9. The van der Waals surface area contributed by atoms with E-state index in [0.29, 0.717) is 6.54 Å². The van der Waals surface area contributed by atoms with Gasteiger partial charge in [0.25, 0.3) is 0 Å². The van der Waals surface area contributed by atoms with E-state index >= 15 is 0 Å². The lowest BCUT2D eigenvalue weighted by atomic mass is 10.4. The zero-order valence-electron chi connectivity index (χ0n) is 9.72. The van der Waals surface area contributed by atoms with Gasteiger partial charge in [-0.2, -0.15) is 0 Å². The maximum absolute atomic E-state index is 5.55. The maximum Gasteiger partial charge on any atom is 0.153 e. The number of nitrogens with two attached hydrogens (primary N) is 1. The minimum atomic E-state index is 0.448. The highest BCUT2D eigenvalue weighted by Gasteiger charge is 2.05. The van der Waals surface area contributed by atoms with Gasteiger partial charge < -0.3 is 10.6 Å². The molecule has 0 aromatic carbocycles. The number of rotatable bonds is 4. The summed E-state index contributed by atoms with van der Waals surface area (Å²) >= 11 is 0. The van der Waals surface area contributed by atoms with Crippen molar-refractivity contribution in [2.24, 2.45) is 5.73 Å². The summed E-state index contributed by atoms with van der Waals surface area (Å²) in [5.41, 5.74) is 7.25. The fraction of sp³-hybridized carbons (Fsp3) is 0.455. The van der Waals surface area contributed by atoms with Crippen molar-refractivity contribution in [2.75, 3.05) is 18.5 Å². The number of imidazole rings is 1. The summed E-state index contributed by atoms with van der Waals surface area (Å²) < 4.78 is 1.78. The zero-order valence-corrected chi connectivity index (χ0v) is 9.72. The van der Waals surface area contributed by atoms with E-state index in [0.717, 1.165) is 30.1 Å². The minimum Gasteiger partial charge on any atom is -0.358 e. The summed E-state index contributed by atoms with van der Waals surface area (Å²) in [7, 11) is 2.04. The second kappa shape index (κ2) is 4.49. The number of anilines is 1. The SMILES string of the molecule is CCCN(C)c1ccc2nc(CN)cn2n1. The Hall–Kier alpha value is -1.62. The molecule has 2 rings (SSSR count). The topological polar surface area (TPSA) is 59.5 Å². The van der Waals surface area contributed by atoms with Crippen LogP contribution in [0.4, 0.5) is 5.82 Å². The highest BCUT2D eigenvalue weighted by Crippen LogP contribution is 2.11. The Morgan fingerprint density at radius 2 is 2.25 bits per heavy atom. The Morgan fingerprint density at radius 3 is 2.94 bits per heavy atom. The fourth-order valence-corrected chi connectivity index (χ4v) is 1.67. The molecule has 0 spiro atoms. The van der Waals surface area contributed by atoms with Gasteiger partial charge in [0.2, 0.25) is 0 Å². The van der Waals surface area contributed by atoms with E-state index in [1.165, 1.54) is 0 Å². The van der Waals surface area contributed by atoms with E-state index in [-0.39, 0.29) is 0 Å². The van der Waals surface area contributed by atoms with E-state index in [4.69, 9.17) is 5.73 Å². The number of fused-ring (bicyclic) bond motifs is 1. The van der Waals surface area contributed by atoms with Crippen molar-refractivity contribution in [3.63, 3.8) is 0 Å². The van der Waals surface area contributed by atoms with Crippen LogP contribution in [0.1, 0.15) is 19.0 Å². The highest BCUT2D eigenvalue weighted by atomic mass is 15.3. The molecule has 0 aliphatic rings. The Bertz CT molecular complexity index is 476. The van der Waals surface area contributed by atoms with Crippen molar-refractivity contribution >= 4 is 11.5 Å². The largest absolute Gasteiger partial charge is 0.358 e. The molecule has 16 heavy (non-hydrogen) atoms. The summed E-state index contributed by atoms with van der Waals surface area (Å²) in [6.07, 6.45) is 2.98. The monoisotopic (exact) mass is 219 g/mol. The lowest BCUT2D eigenvalue weighted by Crippen LogP contribution is -2.19. The van der Waals surface area contributed by atoms with Crippen molar-refractivity contribution < 1.29 is 0 Å². The molecule has 86 valence electrons. The molecule has 2 aromatic rings. The molecule has 0 fully saturated rings. The lowest BCUT2D eigenvalue weighted by Gasteiger charge is -2.16. The van der Waals surface area contributed by atoms with Crippen LogP contribution in [0.5, 0.6) is 0 Å². The minimum absolute atomic E-state index is 0.448. The summed E-state index contributed by atoms with van der Waals surface area (Å²) in [4.78, 5) is 6.46. The van der Waals surface area contributed by atoms with Crippen LogP contribution in [0.3, 0.4) is 0 Å². The molecular weight excluding hydrogens is 202 g/mol. The smallest absolute Gasteiger partial charge is 0.153 e. The molecule has 5 nitrogen and oxygen atoms in total. The number of aromatic nitrogens is 3. The molecule has 0 aliphatic carbocycles. The summed E-state index contributed by atoms with van der Waals surface area (Å²) in [5, 5.41) is 4.49. The van der Waals surface area contributed by atoms with Gasteiger partial charge in [-0.25, -0.2) is 9.50 Å². The lowest BCUT2D eigenvalue weighted by molar-refractivity contribution is 0.808. The molecule has 0 amide bonds. The predicted octanol–water partition coefficient (Wildman–Crippen LogP) is 1.03. The second-order valence-corrected chi connectivity index (χ2v) is 3.85. The molecule has 0 saturated heterocycles. The quantitative estimate of drug-likeness (QED) is 0.834. The van der Waals surface area contributed by atoms with Gasteiger partial charge in [-0.3, -0.25) is 0 Å². The molecule has 0 saturated carbocycles. The molecule has 5 heteroatoms. The maximum atomic E-state index is 5.55. The predicted molar refractivity (Wildman–Crippen MR) is 64.4 cm³/mol. The Balaban J connectivity index is 2.35. The van der Waals surface area contributed by atoms with Crippen LogP contribution in [0.25, 0.3) is 5.65 Å². The number of nitrogens with zero attached hydrogens (tertiary/aromatic N) is 4. The molecule has 0 bridgehead atoms. The van der Waals surface area contributed by atoms with Crippen LogP contribution in [0.15, 0.2) is 18.3 Å². The molecule has 0 radical (unpaired) electrons. The van der Waals surface area contributed by atoms with Gasteiger partial charge >= 0.3 is 0 Å². The fourth-order valence-electron chi connectivity index (χ4n) is 1.67. The molecule has 2 heterocycles. The summed E-state index contributed by atoms with van der Waals surface area (Å²) in [6, 6.07) is 3.95. The molecule has 0 atom stereocenters. The van der Waals surface area contributed by atoms with E-state index in [1.807, 2.05) is 25.4 Å². The standard InChI is InChI=1S/C11H17N5/c1-3-6-15(2)11-5-4-10-13-9(7-12)8-16(10)14-11/h4-5,8H,3,6-7,12H2,1-2H3. The third kappa shape index (κ3) is 1.99.